The Labute approximate surface area is 436 Å². The molecule has 0 bridgehead atoms. The van der Waals surface area contributed by atoms with Gasteiger partial charge in [-0.15, -0.1) is 0 Å². The van der Waals surface area contributed by atoms with Gasteiger partial charge in [0.15, 0.2) is 0 Å². The monoisotopic (exact) mass is 974 g/mol. The Morgan fingerprint density at radius 3 is 0.730 bits per heavy atom. The normalized spacial score (nSPS) is 13.1. The Kier molecular flexibility index (Phi) is 13.5. The molecule has 2 amide bonds. The van der Waals surface area contributed by atoms with Gasteiger partial charge in [0.2, 0.25) is 0 Å². The number of fused-ring (bicyclic) bond motifs is 1. The molecule has 0 fully saturated rings. The van der Waals surface area contributed by atoms with Crippen molar-refractivity contribution in [2.24, 2.45) is 0 Å². The first-order chi connectivity index (χ1) is 35.8. The minimum absolute atomic E-state index is 0.210. The van der Waals surface area contributed by atoms with Crippen LogP contribution >= 0.6 is 0 Å². The fraction of sp³-hybridized carbons (Fsp3) is 0.156. The van der Waals surface area contributed by atoms with Crippen LogP contribution in [0.4, 0.5) is 56.9 Å². The van der Waals surface area contributed by atoms with E-state index in [2.05, 4.69) is 151 Å². The highest BCUT2D eigenvalue weighted by molar-refractivity contribution is 6.30. The Morgan fingerprint density at radius 2 is 0.500 bits per heavy atom. The maximum absolute atomic E-state index is 15.5. The molecular formula is C64H62N8O2. The minimum Gasteiger partial charge on any atom is -0.378 e. The zero-order chi connectivity index (χ0) is 51.6. The number of nitrogens with zero attached hydrogens (tertiary/aromatic N) is 8. The van der Waals surface area contributed by atoms with Gasteiger partial charge >= 0.3 is 0 Å². The summed E-state index contributed by atoms with van der Waals surface area (Å²) < 4.78 is 0. The van der Waals surface area contributed by atoms with Crippen molar-refractivity contribution in [1.29, 1.82) is 0 Å². The van der Waals surface area contributed by atoms with Crippen molar-refractivity contribution in [3.05, 3.63) is 240 Å². The lowest BCUT2D eigenvalue weighted by molar-refractivity contribution is -0.124. The summed E-state index contributed by atoms with van der Waals surface area (Å²) in [5, 5.41) is 0. The van der Waals surface area contributed by atoms with E-state index in [9.17, 15) is 0 Å². The second-order valence-corrected chi connectivity index (χ2v) is 19.6. The van der Waals surface area contributed by atoms with E-state index >= 15 is 9.59 Å². The van der Waals surface area contributed by atoms with E-state index < -0.39 is 0 Å². The van der Waals surface area contributed by atoms with Crippen LogP contribution in [-0.4, -0.2) is 78.0 Å². The smallest absolute Gasteiger partial charge is 0.261 e. The summed E-state index contributed by atoms with van der Waals surface area (Å²) in [6, 6.07) is 70.6. The quantitative estimate of drug-likeness (QED) is 0.0949. The lowest BCUT2D eigenvalue weighted by atomic mass is 10.0. The molecule has 0 saturated heterocycles. The van der Waals surface area contributed by atoms with Crippen LogP contribution in [0.3, 0.4) is 0 Å². The van der Waals surface area contributed by atoms with Crippen molar-refractivity contribution < 1.29 is 9.59 Å². The van der Waals surface area contributed by atoms with Gasteiger partial charge in [0.05, 0.1) is 35.6 Å². The SMILES string of the molecule is CN(C)c1ccc(N(c2ccc(C3=C4C(=O)N(Cc5ccccc5)C(c5ccc(N(c6ccc(N(C)C)cc6)c6ccc(N(C)C)cc6)cc5)=C4C(=O)N3Cc3ccccc3)cc2)c2ccc(N(C)C)cc2)cc1. The highest BCUT2D eigenvalue weighted by Crippen LogP contribution is 2.49. The maximum Gasteiger partial charge on any atom is 0.261 e. The third-order valence-corrected chi connectivity index (χ3v) is 13.8. The number of rotatable bonds is 16. The fourth-order valence-corrected chi connectivity index (χ4v) is 9.86. The van der Waals surface area contributed by atoms with Crippen LogP contribution in [0, 0.1) is 0 Å². The highest BCUT2D eigenvalue weighted by atomic mass is 16.2. The molecule has 2 heterocycles. The van der Waals surface area contributed by atoms with E-state index in [0.29, 0.717) is 35.6 Å². The molecule has 8 aromatic rings. The summed E-state index contributed by atoms with van der Waals surface area (Å²) in [6.45, 7) is 0.581. The molecule has 0 aliphatic carbocycles. The molecule has 370 valence electrons. The number of hydrogen-bond donors (Lipinski definition) is 0. The van der Waals surface area contributed by atoms with Crippen LogP contribution in [0.25, 0.3) is 11.4 Å². The van der Waals surface area contributed by atoms with Crippen molar-refractivity contribution in [1.82, 2.24) is 9.80 Å². The van der Waals surface area contributed by atoms with Crippen LogP contribution in [-0.2, 0) is 22.7 Å². The van der Waals surface area contributed by atoms with Gasteiger partial charge in [0, 0.05) is 113 Å². The molecule has 0 spiro atoms. The number of benzene rings is 8. The molecule has 2 aliphatic heterocycles. The zero-order valence-corrected chi connectivity index (χ0v) is 43.4. The third kappa shape index (κ3) is 9.57. The first-order valence-corrected chi connectivity index (χ1v) is 25.0. The standard InChI is InChI=1S/C64H62N8O2/c1-65(2)49-27-35-55(36-28-49)71(56-37-29-50(30-38-56)66(3)4)53-23-19-47(20-24-53)61-59-60(64(74)69(61)43-45-15-11-9-12-16-45)62(70(63(59)73)44-46-17-13-10-14-18-46)48-21-25-54(26-22-48)72(57-39-31-51(32-40-57)67(5)6)58-41-33-52(34-42-58)68(7)8/h9-42H,43-44H2,1-8H3. The van der Waals surface area contributed by atoms with Gasteiger partial charge in [0.25, 0.3) is 11.8 Å². The number of hydrogen-bond acceptors (Lipinski definition) is 8. The van der Waals surface area contributed by atoms with Crippen molar-refractivity contribution in [3.63, 3.8) is 0 Å². The topological polar surface area (TPSA) is 60.1 Å². The molecular weight excluding hydrogens is 913 g/mol. The van der Waals surface area contributed by atoms with Crippen molar-refractivity contribution >= 4 is 80.1 Å². The predicted octanol–water partition coefficient (Wildman–Crippen LogP) is 13.1. The summed E-state index contributed by atoms with van der Waals surface area (Å²) >= 11 is 0. The lowest BCUT2D eigenvalue weighted by Crippen LogP contribution is -2.29. The highest BCUT2D eigenvalue weighted by Gasteiger charge is 2.49. The molecule has 10 nitrogen and oxygen atoms in total. The molecule has 8 aromatic carbocycles. The summed E-state index contributed by atoms with van der Waals surface area (Å²) in [5.74, 6) is -0.420. The average Bonchev–Trinajstić information content (AvgIpc) is 3.88. The van der Waals surface area contributed by atoms with Gasteiger partial charge in [-0.3, -0.25) is 9.59 Å². The van der Waals surface area contributed by atoms with E-state index in [1.807, 2.05) is 141 Å². The van der Waals surface area contributed by atoms with E-state index in [0.717, 1.165) is 79.1 Å². The van der Waals surface area contributed by atoms with Crippen molar-refractivity contribution in [3.8, 4) is 0 Å². The van der Waals surface area contributed by atoms with Gasteiger partial charge in [-0.2, -0.15) is 0 Å². The number of carbonyl (C=O) groups is 2. The molecule has 10 rings (SSSR count). The molecule has 0 radical (unpaired) electrons. The second-order valence-electron chi connectivity index (χ2n) is 19.6. The van der Waals surface area contributed by atoms with E-state index in [-0.39, 0.29) is 11.8 Å². The average molecular weight is 975 g/mol. The molecule has 0 aromatic heterocycles. The zero-order valence-electron chi connectivity index (χ0n) is 43.4. The summed E-state index contributed by atoms with van der Waals surface area (Å²) in [6.07, 6.45) is 0. The van der Waals surface area contributed by atoms with Crippen LogP contribution in [0.2, 0.25) is 0 Å². The van der Waals surface area contributed by atoms with E-state index in [1.165, 1.54) is 0 Å². The molecule has 0 atom stereocenters. The summed E-state index contributed by atoms with van der Waals surface area (Å²) in [7, 11) is 16.3. The van der Waals surface area contributed by atoms with Crippen molar-refractivity contribution in [2.45, 2.75) is 13.1 Å². The number of anilines is 10. The molecule has 74 heavy (non-hydrogen) atoms. The van der Waals surface area contributed by atoms with Gasteiger partial charge in [0.1, 0.15) is 0 Å². The number of amides is 2. The molecule has 0 saturated carbocycles. The third-order valence-electron chi connectivity index (χ3n) is 13.8. The van der Waals surface area contributed by atoms with E-state index in [4.69, 9.17) is 0 Å². The summed E-state index contributed by atoms with van der Waals surface area (Å²) in [4.78, 5) is 47.5. The van der Waals surface area contributed by atoms with Crippen molar-refractivity contribution in [2.75, 3.05) is 85.8 Å². The Bertz CT molecular complexity index is 3000. The van der Waals surface area contributed by atoms with Crippen LogP contribution in [0.15, 0.2) is 217 Å². The van der Waals surface area contributed by atoms with Gasteiger partial charge in [-0.25, -0.2) is 0 Å². The van der Waals surface area contributed by atoms with Crippen LogP contribution < -0.4 is 29.4 Å². The minimum atomic E-state index is -0.210. The molecule has 2 aliphatic rings. The first kappa shape index (κ1) is 48.6. The lowest BCUT2D eigenvalue weighted by Gasteiger charge is -2.28. The van der Waals surface area contributed by atoms with Gasteiger partial charge < -0.3 is 39.2 Å². The Morgan fingerprint density at radius 1 is 0.284 bits per heavy atom. The molecule has 0 unspecified atom stereocenters. The number of carbonyl (C=O) groups excluding carboxylic acids is 2. The first-order valence-electron chi connectivity index (χ1n) is 25.0. The molecule has 0 N–H and O–H groups in total. The van der Waals surface area contributed by atoms with E-state index in [1.54, 1.807) is 9.80 Å². The Hall–Kier alpha value is -9.02. The second kappa shape index (κ2) is 20.6. The molecule has 10 heteroatoms. The fourth-order valence-electron chi connectivity index (χ4n) is 9.86. The van der Waals surface area contributed by atoms with Gasteiger partial charge in [-0.1, -0.05) is 84.9 Å². The maximum atomic E-state index is 15.5. The van der Waals surface area contributed by atoms with Gasteiger partial charge in [-0.05, 0) is 144 Å². The summed E-state index contributed by atoms with van der Waals surface area (Å²) in [5.41, 5.74) is 15.8. The largest absolute Gasteiger partial charge is 0.378 e. The predicted molar refractivity (Wildman–Crippen MR) is 307 cm³/mol. The van der Waals surface area contributed by atoms with Crippen LogP contribution in [0.1, 0.15) is 22.3 Å². The van der Waals surface area contributed by atoms with Crippen LogP contribution in [0.5, 0.6) is 0 Å². The Balaban J connectivity index is 1.11.